The maximum atomic E-state index is 13.1. The summed E-state index contributed by atoms with van der Waals surface area (Å²) in [7, 11) is -4.07. The summed E-state index contributed by atoms with van der Waals surface area (Å²) in [6, 6.07) is 12.1. The first-order valence-corrected chi connectivity index (χ1v) is 14.4. The molecule has 0 saturated carbocycles. The number of hydrogen-bond acceptors (Lipinski definition) is 8. The zero-order valence-corrected chi connectivity index (χ0v) is 22.9. The third-order valence-corrected chi connectivity index (χ3v) is 7.87. The first kappa shape index (κ1) is 27.3. The lowest BCUT2D eigenvalue weighted by atomic mass is 9.98. The standard InChI is InChI=1S/C28H23F3N8O2S/c1-17-4-5-20(38-42(40,41)16-22-12-19(6-8-33-22)28(29,30)31)13-23(17)24-11-18-14-35-27(36-21-3-2-7-32-15-21)37-25(18)39-10-9-34-26(24)39/h2-8,11-15,34,38H,9-10,16H2,1H3. The number of nitrogens with zero attached hydrogens (tertiary/aromatic N) is 6. The van der Waals surface area contributed by atoms with E-state index in [1.54, 1.807) is 42.9 Å². The molecule has 2 N–H and O–H groups in total. The third kappa shape index (κ3) is 5.65. The Morgan fingerprint density at radius 3 is 2.69 bits per heavy atom. The van der Waals surface area contributed by atoms with Gasteiger partial charge in [0.15, 0.2) is 0 Å². The number of benzene rings is 1. The highest BCUT2D eigenvalue weighted by Gasteiger charge is 2.31. The second-order valence-electron chi connectivity index (χ2n) is 9.68. The Morgan fingerprint density at radius 1 is 1.05 bits per heavy atom. The zero-order chi connectivity index (χ0) is 29.5. The van der Waals surface area contributed by atoms with Gasteiger partial charge in [-0.05, 0) is 60.5 Å². The van der Waals surface area contributed by atoms with E-state index < -0.39 is 27.5 Å². The number of hydrogen-bond donors (Lipinski definition) is 2. The highest BCUT2D eigenvalue weighted by Crippen LogP contribution is 2.39. The molecule has 0 spiro atoms. The number of alkyl halides is 3. The van der Waals surface area contributed by atoms with Crippen molar-refractivity contribution >= 4 is 27.2 Å². The highest BCUT2D eigenvalue weighted by molar-refractivity contribution is 7.91. The number of aryl methyl sites for hydroxylation is 1. The molecular formula is C28H23F3N8O2S. The number of nitrogens with one attached hydrogen (secondary N) is 2. The molecule has 6 rings (SSSR count). The van der Waals surface area contributed by atoms with Gasteiger partial charge in [0.25, 0.3) is 5.62 Å². The summed E-state index contributed by atoms with van der Waals surface area (Å²) in [5.41, 5.74) is 3.25. The van der Waals surface area contributed by atoms with Crippen LogP contribution in [-0.4, -0.2) is 39.5 Å². The smallest absolute Gasteiger partial charge is 0.369 e. The van der Waals surface area contributed by atoms with Crippen molar-refractivity contribution in [3.8, 4) is 22.5 Å². The molecule has 0 amide bonds. The van der Waals surface area contributed by atoms with Gasteiger partial charge in [0, 0.05) is 48.5 Å². The van der Waals surface area contributed by atoms with Crippen LogP contribution in [0.25, 0.3) is 22.5 Å². The normalized spacial score (nSPS) is 13.7. The molecule has 3 aliphatic heterocycles. The van der Waals surface area contributed by atoms with Gasteiger partial charge in [0.1, 0.15) is 17.4 Å². The van der Waals surface area contributed by atoms with Crippen LogP contribution in [0.15, 0.2) is 78.3 Å². The Kier molecular flexibility index (Phi) is 6.85. The third-order valence-electron chi connectivity index (χ3n) is 6.65. The minimum absolute atomic E-state index is 0.216. The molecule has 0 atom stereocenters. The molecule has 214 valence electrons. The Morgan fingerprint density at radius 2 is 1.90 bits per heavy atom. The number of rotatable bonds is 6. The minimum Gasteiger partial charge on any atom is -0.369 e. The van der Waals surface area contributed by atoms with E-state index in [4.69, 9.17) is 0 Å². The average molecular weight is 593 g/mol. The van der Waals surface area contributed by atoms with Crippen LogP contribution in [0.2, 0.25) is 0 Å². The quantitative estimate of drug-likeness (QED) is 0.291. The van der Waals surface area contributed by atoms with Gasteiger partial charge in [-0.15, -0.1) is 0 Å². The van der Waals surface area contributed by atoms with E-state index in [9.17, 15) is 21.6 Å². The van der Waals surface area contributed by atoms with Crippen LogP contribution in [0.4, 0.5) is 30.4 Å². The monoisotopic (exact) mass is 592 g/mol. The molecule has 2 aromatic heterocycles. The van der Waals surface area contributed by atoms with Crippen LogP contribution in [0.5, 0.6) is 0 Å². The second kappa shape index (κ2) is 10.5. The van der Waals surface area contributed by atoms with Gasteiger partial charge in [0.2, 0.25) is 10.0 Å². The fourth-order valence-corrected chi connectivity index (χ4v) is 5.88. The van der Waals surface area contributed by atoms with Crippen molar-refractivity contribution in [2.75, 3.05) is 16.6 Å². The lowest BCUT2D eigenvalue weighted by Crippen LogP contribution is -2.17. The lowest BCUT2D eigenvalue weighted by molar-refractivity contribution is -0.137. The maximum Gasteiger partial charge on any atom is 0.416 e. The summed E-state index contributed by atoms with van der Waals surface area (Å²) in [6.45, 7) is 3.22. The molecule has 10 nitrogen and oxygen atoms in total. The number of fused-ring (bicyclic) bond motifs is 3. The Labute approximate surface area is 238 Å². The Hall–Kier alpha value is -4.85. The molecular weight excluding hydrogens is 569 g/mol. The van der Waals surface area contributed by atoms with Gasteiger partial charge in [0.05, 0.1) is 23.1 Å². The van der Waals surface area contributed by atoms with Crippen LogP contribution >= 0.6 is 0 Å². The number of aromatic nitrogens is 5. The van der Waals surface area contributed by atoms with Gasteiger partial charge in [-0.2, -0.15) is 18.2 Å². The lowest BCUT2D eigenvalue weighted by Gasteiger charge is -2.19. The number of sulfonamides is 1. The summed E-state index contributed by atoms with van der Waals surface area (Å²) in [5, 5.41) is 3.40. The van der Waals surface area contributed by atoms with E-state index in [1.807, 2.05) is 23.6 Å². The van der Waals surface area contributed by atoms with Gasteiger partial charge in [-0.1, -0.05) is 6.07 Å². The van der Waals surface area contributed by atoms with Crippen molar-refractivity contribution in [1.29, 1.82) is 0 Å². The van der Waals surface area contributed by atoms with Gasteiger partial charge < -0.3 is 9.88 Å². The van der Waals surface area contributed by atoms with Crippen molar-refractivity contribution in [2.45, 2.75) is 25.4 Å². The fraction of sp³-hybridized carbons (Fsp3) is 0.179. The predicted octanol–water partition coefficient (Wildman–Crippen LogP) is 4.77. The molecule has 3 aliphatic rings. The van der Waals surface area contributed by atoms with Gasteiger partial charge >= 0.3 is 6.18 Å². The Balaban J connectivity index is 1.34. The molecule has 0 unspecified atom stereocenters. The summed E-state index contributed by atoms with van der Waals surface area (Å²) < 4.78 is 69.6. The van der Waals surface area contributed by atoms with Crippen LogP contribution < -0.4 is 15.7 Å². The Bertz CT molecular complexity index is 1940. The van der Waals surface area contributed by atoms with Crippen LogP contribution in [0.3, 0.4) is 0 Å². The van der Waals surface area contributed by atoms with Crippen molar-refractivity contribution in [3.63, 3.8) is 0 Å². The first-order valence-electron chi connectivity index (χ1n) is 12.8. The van der Waals surface area contributed by atoms with Gasteiger partial charge in [-0.3, -0.25) is 14.7 Å². The highest BCUT2D eigenvalue weighted by atomic mass is 32.2. The summed E-state index contributed by atoms with van der Waals surface area (Å²) in [5.74, 6) is 0.788. The molecule has 1 aromatic carbocycles. The fourth-order valence-electron chi connectivity index (χ4n) is 4.77. The molecule has 0 aliphatic carbocycles. The van der Waals surface area contributed by atoms with Crippen molar-refractivity contribution in [3.05, 3.63) is 95.8 Å². The average Bonchev–Trinajstić information content (AvgIpc) is 3.44. The summed E-state index contributed by atoms with van der Waals surface area (Å²) in [4.78, 5) is 21.4. The first-order chi connectivity index (χ1) is 20.1. The SMILES string of the molecule is Cc1ccc(NS(=O)(=O)Cc2cc(C(F)(F)F)ccn2)cc1-c1cc2cnc(=Nc3cccnc3)nc-2n2c1NCC2. The minimum atomic E-state index is -4.60. The van der Waals surface area contributed by atoms with E-state index >= 15 is 0 Å². The van der Waals surface area contributed by atoms with E-state index in [2.05, 4.69) is 35.0 Å². The van der Waals surface area contributed by atoms with E-state index in [0.717, 1.165) is 46.4 Å². The van der Waals surface area contributed by atoms with Crippen molar-refractivity contribution in [1.82, 2.24) is 24.5 Å². The van der Waals surface area contributed by atoms with Crippen LogP contribution in [-0.2, 0) is 28.5 Å². The molecule has 0 fully saturated rings. The van der Waals surface area contributed by atoms with Gasteiger partial charge in [-0.25, -0.2) is 18.4 Å². The van der Waals surface area contributed by atoms with Crippen molar-refractivity contribution < 1.29 is 21.6 Å². The van der Waals surface area contributed by atoms with E-state index in [0.29, 0.717) is 30.2 Å². The van der Waals surface area contributed by atoms with Crippen LogP contribution in [0.1, 0.15) is 16.8 Å². The molecule has 14 heteroatoms. The predicted molar refractivity (Wildman–Crippen MR) is 150 cm³/mol. The number of halogens is 3. The molecule has 5 heterocycles. The van der Waals surface area contributed by atoms with E-state index in [-0.39, 0.29) is 11.4 Å². The number of anilines is 2. The second-order valence-corrected chi connectivity index (χ2v) is 11.4. The molecule has 3 aromatic rings. The molecule has 0 bridgehead atoms. The number of pyridine rings is 3. The van der Waals surface area contributed by atoms with Crippen molar-refractivity contribution in [2.24, 2.45) is 4.99 Å². The zero-order valence-electron chi connectivity index (χ0n) is 22.1. The van der Waals surface area contributed by atoms with Crippen LogP contribution in [0, 0.1) is 6.92 Å². The molecule has 42 heavy (non-hydrogen) atoms. The molecule has 0 radical (unpaired) electrons. The van der Waals surface area contributed by atoms with E-state index in [1.165, 1.54) is 0 Å². The maximum absolute atomic E-state index is 13.1. The topological polar surface area (TPSA) is 127 Å². The molecule has 0 saturated heterocycles. The summed E-state index contributed by atoms with van der Waals surface area (Å²) >= 11 is 0. The summed E-state index contributed by atoms with van der Waals surface area (Å²) in [6.07, 6.45) is 1.31. The largest absolute Gasteiger partial charge is 0.416 e.